The van der Waals surface area contributed by atoms with E-state index in [9.17, 15) is 4.79 Å². The van der Waals surface area contributed by atoms with Crippen LogP contribution < -0.4 is 9.64 Å². The lowest BCUT2D eigenvalue weighted by atomic mass is 10.1. The van der Waals surface area contributed by atoms with Crippen molar-refractivity contribution >= 4 is 11.7 Å². The fraction of sp³-hybridized carbons (Fsp3) is 0.450. The van der Waals surface area contributed by atoms with Crippen molar-refractivity contribution in [3.05, 3.63) is 47.8 Å². The Balaban J connectivity index is 1.67. The summed E-state index contributed by atoms with van der Waals surface area (Å²) in [4.78, 5) is 25.4. The fourth-order valence-electron chi connectivity index (χ4n) is 3.19. The highest BCUT2D eigenvalue weighted by atomic mass is 16.5. The molecule has 26 heavy (non-hydrogen) atoms. The number of carbonyl (C=O) groups is 1. The average Bonchev–Trinajstić information content (AvgIpc) is 3.12. The lowest BCUT2D eigenvalue weighted by Crippen LogP contribution is -2.31. The number of carbonyl (C=O) groups excluding carboxylic acids is 1. The Morgan fingerprint density at radius 2 is 1.88 bits per heavy atom. The number of likely N-dealkylation sites (tertiary alicyclic amines) is 1. The summed E-state index contributed by atoms with van der Waals surface area (Å²) in [6, 6.07) is 7.69. The molecule has 1 saturated heterocycles. The molecule has 0 aliphatic carbocycles. The molecule has 1 aliphatic rings. The Labute approximate surface area is 154 Å². The Hall–Kier alpha value is -2.63. The van der Waals surface area contributed by atoms with Crippen LogP contribution in [0, 0.1) is 6.92 Å². The van der Waals surface area contributed by atoms with Gasteiger partial charge in [0, 0.05) is 44.0 Å². The van der Waals surface area contributed by atoms with E-state index in [1.54, 1.807) is 12.4 Å². The number of hydrogen-bond donors (Lipinski definition) is 0. The monoisotopic (exact) mass is 354 g/mol. The third kappa shape index (κ3) is 3.95. The highest BCUT2D eigenvalue weighted by Crippen LogP contribution is 2.26. The Morgan fingerprint density at radius 3 is 2.58 bits per heavy atom. The third-order valence-electron chi connectivity index (χ3n) is 4.72. The average molecular weight is 354 g/mol. The van der Waals surface area contributed by atoms with E-state index in [1.807, 2.05) is 36.1 Å². The van der Waals surface area contributed by atoms with Crippen molar-refractivity contribution in [1.82, 2.24) is 14.9 Å². The summed E-state index contributed by atoms with van der Waals surface area (Å²) in [5, 5.41) is 0. The first-order chi connectivity index (χ1) is 12.6. The van der Waals surface area contributed by atoms with E-state index in [0.29, 0.717) is 19.0 Å². The van der Waals surface area contributed by atoms with Crippen LogP contribution in [-0.2, 0) is 0 Å². The van der Waals surface area contributed by atoms with Crippen LogP contribution in [0.5, 0.6) is 5.88 Å². The van der Waals surface area contributed by atoms with Gasteiger partial charge in [-0.2, -0.15) is 0 Å². The summed E-state index contributed by atoms with van der Waals surface area (Å²) in [5.74, 6) is 1.37. The van der Waals surface area contributed by atoms with Crippen LogP contribution >= 0.6 is 0 Å². The molecule has 1 aromatic carbocycles. The van der Waals surface area contributed by atoms with Gasteiger partial charge < -0.3 is 14.5 Å². The first-order valence-corrected chi connectivity index (χ1v) is 9.21. The van der Waals surface area contributed by atoms with Gasteiger partial charge in [0.2, 0.25) is 0 Å². The van der Waals surface area contributed by atoms with E-state index in [0.717, 1.165) is 36.5 Å². The molecule has 0 bridgehead atoms. The number of nitrogens with zero attached hydrogens (tertiary/aromatic N) is 4. The van der Waals surface area contributed by atoms with Crippen molar-refractivity contribution in [3.8, 4) is 5.88 Å². The molecule has 138 valence electrons. The van der Waals surface area contributed by atoms with Crippen molar-refractivity contribution in [2.45, 2.75) is 33.3 Å². The largest absolute Gasteiger partial charge is 0.470 e. The number of rotatable bonds is 6. The van der Waals surface area contributed by atoms with Gasteiger partial charge in [-0.3, -0.25) is 4.79 Å². The molecule has 1 aliphatic heterocycles. The second-order valence-electron chi connectivity index (χ2n) is 6.50. The fourth-order valence-corrected chi connectivity index (χ4v) is 3.19. The zero-order valence-corrected chi connectivity index (χ0v) is 15.7. The minimum atomic E-state index is -0.0598. The maximum Gasteiger partial charge on any atom is 0.257 e. The number of aromatic nitrogens is 2. The first-order valence-electron chi connectivity index (χ1n) is 9.21. The lowest BCUT2D eigenvalue weighted by Gasteiger charge is -2.23. The summed E-state index contributed by atoms with van der Waals surface area (Å²) >= 11 is 0. The van der Waals surface area contributed by atoms with Crippen molar-refractivity contribution in [2.75, 3.05) is 31.1 Å². The maximum atomic E-state index is 12.7. The van der Waals surface area contributed by atoms with Crippen LogP contribution in [-0.4, -0.2) is 53.1 Å². The van der Waals surface area contributed by atoms with Gasteiger partial charge in [-0.1, -0.05) is 17.7 Å². The van der Waals surface area contributed by atoms with Crippen molar-refractivity contribution in [2.24, 2.45) is 0 Å². The lowest BCUT2D eigenvalue weighted by molar-refractivity contribution is 0.0771. The molecule has 2 aromatic rings. The minimum absolute atomic E-state index is 0.0548. The van der Waals surface area contributed by atoms with E-state index in [4.69, 9.17) is 4.74 Å². The molecule has 1 amide bonds. The standard InChI is InChI=1S/C20H26N4O2/c1-4-23(5-2)18-19(22-12-11-21-18)26-17-10-13-24(14-17)20(25)16-8-6-15(3)7-9-16/h6-9,11-12,17H,4-5,10,13-14H2,1-3H3. The van der Waals surface area contributed by atoms with Gasteiger partial charge in [-0.25, -0.2) is 9.97 Å². The topological polar surface area (TPSA) is 58.6 Å². The Morgan fingerprint density at radius 1 is 1.19 bits per heavy atom. The van der Waals surface area contributed by atoms with Crippen LogP contribution in [0.15, 0.2) is 36.7 Å². The Bertz CT molecular complexity index is 744. The van der Waals surface area contributed by atoms with Crippen LogP contribution in [0.4, 0.5) is 5.82 Å². The van der Waals surface area contributed by atoms with Crippen molar-refractivity contribution in [3.63, 3.8) is 0 Å². The third-order valence-corrected chi connectivity index (χ3v) is 4.72. The van der Waals surface area contributed by atoms with Gasteiger partial charge in [0.15, 0.2) is 5.82 Å². The van der Waals surface area contributed by atoms with Crippen LogP contribution in [0.2, 0.25) is 0 Å². The second kappa shape index (κ2) is 8.17. The quantitative estimate of drug-likeness (QED) is 0.798. The number of amides is 1. The molecule has 1 aromatic heterocycles. The van der Waals surface area contributed by atoms with Gasteiger partial charge in [0.05, 0.1) is 6.54 Å². The summed E-state index contributed by atoms with van der Waals surface area (Å²) < 4.78 is 6.12. The summed E-state index contributed by atoms with van der Waals surface area (Å²) in [7, 11) is 0. The molecule has 0 saturated carbocycles. The van der Waals surface area contributed by atoms with Gasteiger partial charge in [0.1, 0.15) is 6.10 Å². The van der Waals surface area contributed by atoms with E-state index >= 15 is 0 Å². The molecule has 0 spiro atoms. The highest BCUT2D eigenvalue weighted by molar-refractivity contribution is 5.94. The number of anilines is 1. The minimum Gasteiger partial charge on any atom is -0.470 e. The molecule has 3 rings (SSSR count). The molecular formula is C20H26N4O2. The molecule has 1 unspecified atom stereocenters. The first kappa shape index (κ1) is 18.2. The summed E-state index contributed by atoms with van der Waals surface area (Å²) in [6.07, 6.45) is 4.07. The second-order valence-corrected chi connectivity index (χ2v) is 6.50. The van der Waals surface area contributed by atoms with Gasteiger partial charge in [-0.15, -0.1) is 0 Å². The van der Waals surface area contributed by atoms with E-state index in [1.165, 1.54) is 0 Å². The SMILES string of the molecule is CCN(CC)c1nccnc1OC1CCN(C(=O)c2ccc(C)cc2)C1. The highest BCUT2D eigenvalue weighted by Gasteiger charge is 2.29. The molecule has 2 heterocycles. The molecule has 6 nitrogen and oxygen atoms in total. The van der Waals surface area contributed by atoms with Crippen molar-refractivity contribution < 1.29 is 9.53 Å². The van der Waals surface area contributed by atoms with Gasteiger partial charge in [-0.05, 0) is 32.9 Å². The van der Waals surface area contributed by atoms with Gasteiger partial charge >= 0.3 is 0 Å². The molecule has 0 N–H and O–H groups in total. The molecular weight excluding hydrogens is 328 g/mol. The number of ether oxygens (including phenoxy) is 1. The predicted octanol–water partition coefficient (Wildman–Crippen LogP) is 2.92. The number of benzene rings is 1. The Kier molecular flexibility index (Phi) is 5.71. The number of hydrogen-bond acceptors (Lipinski definition) is 5. The van der Waals surface area contributed by atoms with Crippen LogP contribution in [0.25, 0.3) is 0 Å². The zero-order chi connectivity index (χ0) is 18.5. The smallest absolute Gasteiger partial charge is 0.257 e. The van der Waals surface area contributed by atoms with E-state index in [2.05, 4.69) is 28.7 Å². The van der Waals surface area contributed by atoms with Crippen LogP contribution in [0.1, 0.15) is 36.2 Å². The summed E-state index contributed by atoms with van der Waals surface area (Å²) in [6.45, 7) is 9.13. The maximum absolute atomic E-state index is 12.7. The molecule has 0 radical (unpaired) electrons. The van der Waals surface area contributed by atoms with E-state index < -0.39 is 0 Å². The van der Waals surface area contributed by atoms with Gasteiger partial charge in [0.25, 0.3) is 11.8 Å². The van der Waals surface area contributed by atoms with E-state index in [-0.39, 0.29) is 12.0 Å². The summed E-state index contributed by atoms with van der Waals surface area (Å²) in [5.41, 5.74) is 1.87. The van der Waals surface area contributed by atoms with Crippen LogP contribution in [0.3, 0.4) is 0 Å². The predicted molar refractivity (Wildman–Crippen MR) is 102 cm³/mol. The zero-order valence-electron chi connectivity index (χ0n) is 15.7. The molecule has 1 fully saturated rings. The van der Waals surface area contributed by atoms with Crippen molar-refractivity contribution in [1.29, 1.82) is 0 Å². The normalized spacial score (nSPS) is 16.6. The molecule has 1 atom stereocenters. The molecule has 6 heteroatoms. The number of aryl methyl sites for hydroxylation is 1.